The third-order valence-corrected chi connectivity index (χ3v) is 7.85. The molecule has 1 fully saturated rings. The Labute approximate surface area is 226 Å². The van der Waals surface area contributed by atoms with Crippen LogP contribution in [0.3, 0.4) is 0 Å². The number of carbonyl (C=O) groups excluding carboxylic acids is 2. The molecule has 4 rings (SSSR count). The summed E-state index contributed by atoms with van der Waals surface area (Å²) in [6.45, 7) is 6.87. The minimum Gasteiger partial charge on any atom is -0.497 e. The van der Waals surface area contributed by atoms with Crippen molar-refractivity contribution in [2.24, 2.45) is 5.92 Å². The van der Waals surface area contributed by atoms with Crippen molar-refractivity contribution < 1.29 is 19.1 Å². The first kappa shape index (κ1) is 27.7. The van der Waals surface area contributed by atoms with Gasteiger partial charge in [-0.05, 0) is 61.0 Å². The molecule has 1 aliphatic rings. The Kier molecular flexibility index (Phi) is 8.49. The van der Waals surface area contributed by atoms with E-state index in [4.69, 9.17) is 9.47 Å². The van der Waals surface area contributed by atoms with Crippen LogP contribution in [0.4, 0.5) is 5.69 Å². The van der Waals surface area contributed by atoms with Gasteiger partial charge in [0.2, 0.25) is 5.91 Å². The number of amides is 1. The Hall–Kier alpha value is -3.28. The van der Waals surface area contributed by atoms with E-state index in [9.17, 15) is 14.4 Å². The molecule has 1 aromatic heterocycles. The average Bonchev–Trinajstić information content (AvgIpc) is 3.18. The summed E-state index contributed by atoms with van der Waals surface area (Å²) in [6.07, 6.45) is 1.79. The number of nitrogens with zero attached hydrogens (tertiary/aromatic N) is 2. The van der Waals surface area contributed by atoms with Crippen LogP contribution < -0.4 is 20.5 Å². The van der Waals surface area contributed by atoms with Crippen molar-refractivity contribution in [3.05, 3.63) is 86.8 Å². The molecule has 0 spiro atoms. The van der Waals surface area contributed by atoms with Crippen molar-refractivity contribution >= 4 is 31.9 Å². The molecule has 3 aromatic rings. The molecule has 38 heavy (non-hydrogen) atoms. The quantitative estimate of drug-likeness (QED) is 0.307. The van der Waals surface area contributed by atoms with Gasteiger partial charge in [-0.15, -0.1) is 9.24 Å². The number of anilines is 1. The van der Waals surface area contributed by atoms with Crippen LogP contribution in [-0.4, -0.2) is 43.6 Å². The second-order valence-electron chi connectivity index (χ2n) is 9.94. The lowest BCUT2D eigenvalue weighted by atomic mass is 9.82. The van der Waals surface area contributed by atoms with Crippen molar-refractivity contribution in [3.63, 3.8) is 0 Å². The maximum Gasteiger partial charge on any atom is 0.274 e. The normalized spacial score (nSPS) is 17.2. The molecule has 1 saturated heterocycles. The molecule has 1 aliphatic heterocycles. The highest BCUT2D eigenvalue weighted by molar-refractivity contribution is 7.27. The monoisotopic (exact) mass is 534 g/mol. The second-order valence-corrected chi connectivity index (χ2v) is 10.6. The van der Waals surface area contributed by atoms with Crippen molar-refractivity contribution in [1.29, 1.82) is 0 Å². The first-order chi connectivity index (χ1) is 18.2. The molecule has 3 atom stereocenters. The molecule has 2 aromatic carbocycles. The SMILES string of the molecule is COCCn1ccc(C)c(N2C[C@@H](c3c(C)cc(OC)cc3P)[C@H](CC(=O)c3ccc(C)cc3)C2=O)c1=O. The van der Waals surface area contributed by atoms with E-state index in [0.29, 0.717) is 30.9 Å². The maximum absolute atomic E-state index is 14.1. The molecule has 0 aliphatic carbocycles. The van der Waals surface area contributed by atoms with Crippen LogP contribution in [0.5, 0.6) is 5.75 Å². The number of carbonyl (C=O) groups is 2. The summed E-state index contributed by atoms with van der Waals surface area (Å²) in [6, 6.07) is 13.1. The number of methoxy groups -OCH3 is 2. The number of aromatic nitrogens is 1. The fourth-order valence-corrected chi connectivity index (χ4v) is 5.94. The van der Waals surface area contributed by atoms with Crippen LogP contribution in [0.25, 0.3) is 0 Å². The molecule has 0 radical (unpaired) electrons. The summed E-state index contributed by atoms with van der Waals surface area (Å²) in [4.78, 5) is 42.5. The summed E-state index contributed by atoms with van der Waals surface area (Å²) in [5.41, 5.74) is 4.45. The van der Waals surface area contributed by atoms with Gasteiger partial charge in [0.1, 0.15) is 11.4 Å². The first-order valence-corrected chi connectivity index (χ1v) is 13.3. The van der Waals surface area contributed by atoms with Crippen molar-refractivity contribution in [3.8, 4) is 5.75 Å². The molecule has 2 heterocycles. The number of hydrogen-bond donors (Lipinski definition) is 0. The van der Waals surface area contributed by atoms with E-state index in [2.05, 4.69) is 9.24 Å². The highest BCUT2D eigenvalue weighted by Gasteiger charge is 2.45. The molecular formula is C30H35N2O5P. The molecule has 0 saturated carbocycles. The zero-order valence-electron chi connectivity index (χ0n) is 22.6. The first-order valence-electron chi connectivity index (χ1n) is 12.7. The molecule has 0 bridgehead atoms. The summed E-state index contributed by atoms with van der Waals surface area (Å²) in [7, 11) is 5.96. The van der Waals surface area contributed by atoms with Gasteiger partial charge in [-0.2, -0.15) is 0 Å². The van der Waals surface area contributed by atoms with Gasteiger partial charge < -0.3 is 18.9 Å². The number of benzene rings is 2. The fourth-order valence-electron chi connectivity index (χ4n) is 5.33. The van der Waals surface area contributed by atoms with Crippen LogP contribution in [-0.2, 0) is 16.1 Å². The molecule has 1 unspecified atom stereocenters. The third kappa shape index (κ3) is 5.45. The third-order valence-electron chi connectivity index (χ3n) is 7.37. The highest BCUT2D eigenvalue weighted by atomic mass is 31.0. The topological polar surface area (TPSA) is 77.8 Å². The lowest BCUT2D eigenvalue weighted by Crippen LogP contribution is -2.36. The summed E-state index contributed by atoms with van der Waals surface area (Å²) in [5, 5.41) is 0.913. The maximum atomic E-state index is 14.1. The standard InChI is InChI=1S/C30H35N2O5P/c1-18-6-8-21(9-7-18)25(33)16-23-24(27-20(3)14-22(37-5)15-26(27)38)17-32(29(23)34)28-19(2)10-11-31(30(28)35)12-13-36-4/h6-11,14-15,23-24H,12-13,16-17,38H2,1-5H3/t23-,24+/m0/s1. The van der Waals surface area contributed by atoms with E-state index in [0.717, 1.165) is 33.3 Å². The Morgan fingerprint density at radius 3 is 2.37 bits per heavy atom. The average molecular weight is 535 g/mol. The number of ketones is 1. The molecule has 1 amide bonds. The van der Waals surface area contributed by atoms with Crippen molar-refractivity contribution in [1.82, 2.24) is 4.57 Å². The van der Waals surface area contributed by atoms with Gasteiger partial charge in [-0.1, -0.05) is 29.8 Å². The van der Waals surface area contributed by atoms with Crippen molar-refractivity contribution in [2.75, 3.05) is 32.3 Å². The number of pyridine rings is 1. The van der Waals surface area contributed by atoms with Crippen LogP contribution >= 0.6 is 9.24 Å². The number of Topliss-reactive ketones (excluding diaryl/α,β-unsaturated/α-hetero) is 1. The van der Waals surface area contributed by atoms with Gasteiger partial charge in [-0.3, -0.25) is 14.4 Å². The lowest BCUT2D eigenvalue weighted by Gasteiger charge is -2.22. The minimum atomic E-state index is -0.610. The van der Waals surface area contributed by atoms with Gasteiger partial charge in [0, 0.05) is 44.3 Å². The largest absolute Gasteiger partial charge is 0.497 e. The Morgan fingerprint density at radius 1 is 1.03 bits per heavy atom. The highest BCUT2D eigenvalue weighted by Crippen LogP contribution is 2.40. The van der Waals surface area contributed by atoms with E-state index < -0.39 is 5.92 Å². The van der Waals surface area contributed by atoms with E-state index in [1.165, 1.54) is 0 Å². The van der Waals surface area contributed by atoms with Crippen LogP contribution in [0.1, 0.15) is 45.0 Å². The summed E-state index contributed by atoms with van der Waals surface area (Å²) in [5.74, 6) is -0.457. The van der Waals surface area contributed by atoms with Gasteiger partial charge in [0.05, 0.1) is 19.6 Å². The molecule has 200 valence electrons. The number of ether oxygens (including phenoxy) is 2. The smallest absolute Gasteiger partial charge is 0.274 e. The minimum absolute atomic E-state index is 0.0579. The Bertz CT molecular complexity index is 1390. The van der Waals surface area contributed by atoms with Crippen LogP contribution in [0.2, 0.25) is 0 Å². The van der Waals surface area contributed by atoms with Gasteiger partial charge in [0.25, 0.3) is 5.56 Å². The second kappa shape index (κ2) is 11.6. The number of hydrogen-bond acceptors (Lipinski definition) is 5. The predicted molar refractivity (Wildman–Crippen MR) is 153 cm³/mol. The fraction of sp³-hybridized carbons (Fsp3) is 0.367. The number of aryl methyl sites for hydroxylation is 3. The van der Waals surface area contributed by atoms with Gasteiger partial charge >= 0.3 is 0 Å². The Balaban J connectivity index is 1.79. The summed E-state index contributed by atoms with van der Waals surface area (Å²) >= 11 is 0. The zero-order chi connectivity index (χ0) is 27.6. The van der Waals surface area contributed by atoms with Crippen LogP contribution in [0, 0.1) is 26.7 Å². The predicted octanol–water partition coefficient (Wildman–Crippen LogP) is 3.95. The molecule has 7 nitrogen and oxygen atoms in total. The molecule has 8 heteroatoms. The Morgan fingerprint density at radius 2 is 1.74 bits per heavy atom. The molecular weight excluding hydrogens is 499 g/mol. The van der Waals surface area contributed by atoms with Crippen molar-refractivity contribution in [2.45, 2.75) is 39.7 Å². The van der Waals surface area contributed by atoms with E-state index in [1.54, 1.807) is 42.0 Å². The van der Waals surface area contributed by atoms with E-state index in [1.807, 2.05) is 51.1 Å². The van der Waals surface area contributed by atoms with Crippen LogP contribution in [0.15, 0.2) is 53.5 Å². The molecule has 0 N–H and O–H groups in total. The lowest BCUT2D eigenvalue weighted by molar-refractivity contribution is -0.120. The van der Waals surface area contributed by atoms with E-state index >= 15 is 0 Å². The summed E-state index contributed by atoms with van der Waals surface area (Å²) < 4.78 is 12.2. The number of rotatable bonds is 9. The van der Waals surface area contributed by atoms with Gasteiger partial charge in [0.15, 0.2) is 5.78 Å². The van der Waals surface area contributed by atoms with Gasteiger partial charge in [-0.25, -0.2) is 0 Å². The van der Waals surface area contributed by atoms with E-state index in [-0.39, 0.29) is 29.6 Å². The zero-order valence-corrected chi connectivity index (χ0v) is 23.8.